The zero-order valence-electron chi connectivity index (χ0n) is 12.6. The summed E-state index contributed by atoms with van der Waals surface area (Å²) in [5, 5.41) is 3.65. The minimum Gasteiger partial charge on any atom is -0.379 e. The molecule has 1 N–H and O–H groups in total. The van der Waals surface area contributed by atoms with Crippen LogP contribution in [0.2, 0.25) is 0 Å². The highest BCUT2D eigenvalue weighted by atomic mass is 16.5. The molecule has 3 aliphatic rings. The summed E-state index contributed by atoms with van der Waals surface area (Å²) in [7, 11) is 0. The number of carbonyl (C=O) groups is 1. The van der Waals surface area contributed by atoms with Crippen molar-refractivity contribution in [2.24, 2.45) is 5.92 Å². The molecule has 3 rings (SSSR count). The molecule has 0 radical (unpaired) electrons. The maximum Gasteiger partial charge on any atom is 0.241 e. The highest BCUT2D eigenvalue weighted by Crippen LogP contribution is 2.34. The number of hydrogen-bond acceptors (Lipinski definition) is 3. The van der Waals surface area contributed by atoms with Crippen LogP contribution in [0.4, 0.5) is 0 Å². The van der Waals surface area contributed by atoms with Crippen LogP contribution in [0.25, 0.3) is 0 Å². The van der Waals surface area contributed by atoms with Crippen molar-refractivity contribution in [2.75, 3.05) is 13.2 Å². The van der Waals surface area contributed by atoms with Crippen molar-refractivity contribution in [3.05, 3.63) is 0 Å². The van der Waals surface area contributed by atoms with Crippen LogP contribution in [0.5, 0.6) is 0 Å². The van der Waals surface area contributed by atoms with Crippen molar-refractivity contribution in [1.82, 2.24) is 10.2 Å². The van der Waals surface area contributed by atoms with E-state index < -0.39 is 0 Å². The monoisotopic (exact) mass is 280 g/mol. The van der Waals surface area contributed by atoms with Crippen molar-refractivity contribution < 1.29 is 9.53 Å². The van der Waals surface area contributed by atoms with E-state index in [1.807, 2.05) is 0 Å². The molecular weight excluding hydrogens is 252 g/mol. The fourth-order valence-electron chi connectivity index (χ4n) is 4.16. The molecule has 114 valence electrons. The summed E-state index contributed by atoms with van der Waals surface area (Å²) >= 11 is 0. The molecule has 0 aromatic heterocycles. The van der Waals surface area contributed by atoms with Crippen molar-refractivity contribution >= 4 is 5.91 Å². The Morgan fingerprint density at radius 2 is 2.05 bits per heavy atom. The van der Waals surface area contributed by atoms with Gasteiger partial charge in [-0.15, -0.1) is 0 Å². The minimum atomic E-state index is 0.0486. The van der Waals surface area contributed by atoms with Gasteiger partial charge in [-0.1, -0.05) is 26.2 Å². The van der Waals surface area contributed by atoms with Crippen LogP contribution < -0.4 is 5.32 Å². The first-order valence-corrected chi connectivity index (χ1v) is 8.47. The maximum absolute atomic E-state index is 12.8. The number of carbonyl (C=O) groups excluding carboxylic acids is 1. The number of hydrogen-bond donors (Lipinski definition) is 1. The van der Waals surface area contributed by atoms with Gasteiger partial charge in [-0.25, -0.2) is 0 Å². The Bertz CT molecular complexity index is 335. The topological polar surface area (TPSA) is 41.6 Å². The summed E-state index contributed by atoms with van der Waals surface area (Å²) in [5.41, 5.74) is 0. The lowest BCUT2D eigenvalue weighted by Crippen LogP contribution is -2.50. The van der Waals surface area contributed by atoms with Gasteiger partial charge in [0.25, 0.3) is 0 Å². The molecule has 4 heteroatoms. The number of rotatable bonds is 4. The molecule has 1 amide bonds. The number of ether oxygens (including phenoxy) is 1. The van der Waals surface area contributed by atoms with E-state index in [1.165, 1.54) is 25.7 Å². The summed E-state index contributed by atoms with van der Waals surface area (Å²) in [4.78, 5) is 14.9. The van der Waals surface area contributed by atoms with Gasteiger partial charge in [-0.3, -0.25) is 10.1 Å². The molecule has 3 unspecified atom stereocenters. The van der Waals surface area contributed by atoms with Crippen molar-refractivity contribution in [2.45, 2.75) is 76.5 Å². The molecular formula is C16H28N2O2. The third kappa shape index (κ3) is 2.73. The Morgan fingerprint density at radius 3 is 2.70 bits per heavy atom. The van der Waals surface area contributed by atoms with Crippen LogP contribution in [0.1, 0.15) is 58.3 Å². The molecule has 0 bridgehead atoms. The lowest BCUT2D eigenvalue weighted by atomic mass is 10.0. The van der Waals surface area contributed by atoms with E-state index >= 15 is 0 Å². The smallest absolute Gasteiger partial charge is 0.241 e. The summed E-state index contributed by atoms with van der Waals surface area (Å²) in [6.45, 7) is 3.75. The van der Waals surface area contributed by atoms with Crippen LogP contribution in [-0.4, -0.2) is 42.3 Å². The van der Waals surface area contributed by atoms with Gasteiger partial charge in [-0.2, -0.15) is 0 Å². The normalized spacial score (nSPS) is 36.0. The maximum atomic E-state index is 12.8. The van der Waals surface area contributed by atoms with Crippen LogP contribution in [-0.2, 0) is 9.53 Å². The number of nitrogens with one attached hydrogen (secondary N) is 1. The first-order chi connectivity index (χ1) is 9.81. The lowest BCUT2D eigenvalue weighted by Gasteiger charge is -2.37. The Hall–Kier alpha value is -0.610. The van der Waals surface area contributed by atoms with Gasteiger partial charge in [0.1, 0.15) is 0 Å². The Labute approximate surface area is 122 Å². The predicted molar refractivity (Wildman–Crippen MR) is 78.3 cm³/mol. The van der Waals surface area contributed by atoms with E-state index in [9.17, 15) is 4.79 Å². The molecule has 0 spiro atoms. The lowest BCUT2D eigenvalue weighted by molar-refractivity contribution is -0.136. The zero-order valence-corrected chi connectivity index (χ0v) is 12.6. The third-order valence-electron chi connectivity index (χ3n) is 5.18. The third-order valence-corrected chi connectivity index (χ3v) is 5.18. The van der Waals surface area contributed by atoms with E-state index in [4.69, 9.17) is 4.74 Å². The van der Waals surface area contributed by atoms with Crippen LogP contribution in [0.15, 0.2) is 0 Å². The molecule has 1 aliphatic carbocycles. The van der Waals surface area contributed by atoms with E-state index in [2.05, 4.69) is 17.1 Å². The Balaban J connectivity index is 1.75. The second-order valence-corrected chi connectivity index (χ2v) is 6.61. The molecule has 0 aromatic rings. The Kier molecular flexibility index (Phi) is 4.61. The molecule has 2 saturated heterocycles. The average molecular weight is 280 g/mol. The fourth-order valence-corrected chi connectivity index (χ4v) is 4.16. The van der Waals surface area contributed by atoms with Gasteiger partial charge in [0, 0.05) is 6.61 Å². The van der Waals surface area contributed by atoms with Gasteiger partial charge < -0.3 is 9.64 Å². The SMILES string of the molecule is CCCC1NC(C2CCCC2)N(C2CCCOC2)C1=O. The van der Waals surface area contributed by atoms with Gasteiger partial charge in [0.15, 0.2) is 0 Å². The molecule has 3 fully saturated rings. The molecule has 2 aliphatic heterocycles. The zero-order chi connectivity index (χ0) is 13.9. The molecule has 2 heterocycles. The quantitative estimate of drug-likeness (QED) is 0.859. The van der Waals surface area contributed by atoms with Crippen molar-refractivity contribution in [1.29, 1.82) is 0 Å². The van der Waals surface area contributed by atoms with Gasteiger partial charge >= 0.3 is 0 Å². The first-order valence-electron chi connectivity index (χ1n) is 8.47. The van der Waals surface area contributed by atoms with Crippen LogP contribution in [0, 0.1) is 5.92 Å². The van der Waals surface area contributed by atoms with E-state index in [0.29, 0.717) is 17.9 Å². The molecule has 4 nitrogen and oxygen atoms in total. The number of amides is 1. The molecule has 3 atom stereocenters. The second-order valence-electron chi connectivity index (χ2n) is 6.61. The highest BCUT2D eigenvalue weighted by Gasteiger charge is 2.45. The summed E-state index contributed by atoms with van der Waals surface area (Å²) < 4.78 is 5.63. The van der Waals surface area contributed by atoms with E-state index in [-0.39, 0.29) is 12.2 Å². The minimum absolute atomic E-state index is 0.0486. The number of nitrogens with zero attached hydrogens (tertiary/aromatic N) is 1. The van der Waals surface area contributed by atoms with E-state index in [0.717, 1.165) is 38.9 Å². The standard InChI is InChI=1S/C16H28N2O2/c1-2-6-14-16(19)18(13-9-5-10-20-11-13)15(17-14)12-7-3-4-8-12/h12-15,17H,2-11H2,1H3. The summed E-state index contributed by atoms with van der Waals surface area (Å²) in [5.74, 6) is 0.988. The second kappa shape index (κ2) is 6.44. The molecule has 20 heavy (non-hydrogen) atoms. The molecule has 0 aromatic carbocycles. The fraction of sp³-hybridized carbons (Fsp3) is 0.938. The predicted octanol–water partition coefficient (Wildman–Crippen LogP) is 2.28. The van der Waals surface area contributed by atoms with Crippen LogP contribution in [0.3, 0.4) is 0 Å². The summed E-state index contributed by atoms with van der Waals surface area (Å²) in [6.07, 6.45) is 9.69. The van der Waals surface area contributed by atoms with Gasteiger partial charge in [0.05, 0.1) is 24.9 Å². The van der Waals surface area contributed by atoms with Gasteiger partial charge in [-0.05, 0) is 38.0 Å². The average Bonchev–Trinajstić information content (AvgIpc) is 3.09. The van der Waals surface area contributed by atoms with Gasteiger partial charge in [0.2, 0.25) is 5.91 Å². The highest BCUT2D eigenvalue weighted by molar-refractivity contribution is 5.84. The summed E-state index contributed by atoms with van der Waals surface area (Å²) in [6, 6.07) is 0.351. The van der Waals surface area contributed by atoms with E-state index in [1.54, 1.807) is 0 Å². The largest absolute Gasteiger partial charge is 0.379 e. The Morgan fingerprint density at radius 1 is 1.25 bits per heavy atom. The van der Waals surface area contributed by atoms with Crippen LogP contribution >= 0.6 is 0 Å². The van der Waals surface area contributed by atoms with Crippen molar-refractivity contribution in [3.63, 3.8) is 0 Å². The van der Waals surface area contributed by atoms with Crippen molar-refractivity contribution in [3.8, 4) is 0 Å². The first kappa shape index (κ1) is 14.3. The molecule has 1 saturated carbocycles.